The van der Waals surface area contributed by atoms with E-state index in [0.717, 1.165) is 28.0 Å². The van der Waals surface area contributed by atoms with Gasteiger partial charge in [-0.15, -0.1) is 0 Å². The Morgan fingerprint density at radius 2 is 1.13 bits per heavy atom. The number of aromatic carboxylic acids is 1. The number of aromatic hydroxyl groups is 1. The Kier molecular flexibility index (Phi) is 21.2. The average Bonchev–Trinajstić information content (AvgIpc) is 3.13. The number of ketones is 1. The molecule has 2 N–H and O–H groups in total. The van der Waals surface area contributed by atoms with E-state index in [2.05, 4.69) is 4.74 Å². The highest BCUT2D eigenvalue weighted by Gasteiger charge is 2.09. The summed E-state index contributed by atoms with van der Waals surface area (Å²) in [5.41, 5.74) is 5.15. The second-order valence-corrected chi connectivity index (χ2v) is 13.3. The Morgan fingerprint density at radius 1 is 0.574 bits per heavy atom. The molecule has 8 nitrogen and oxygen atoms in total. The van der Waals surface area contributed by atoms with Crippen molar-refractivity contribution in [2.75, 3.05) is 21.3 Å². The number of carboxylic acids is 1. The van der Waals surface area contributed by atoms with E-state index in [1.54, 1.807) is 81.8 Å². The molecule has 0 heterocycles. The predicted molar refractivity (Wildman–Crippen MR) is 219 cm³/mol. The Balaban J connectivity index is 0.000000339. The number of rotatable bonds is 5. The number of benzene rings is 5. The van der Waals surface area contributed by atoms with Crippen molar-refractivity contribution in [3.05, 3.63) is 155 Å². The van der Waals surface area contributed by atoms with E-state index < -0.39 is 5.97 Å². The highest BCUT2D eigenvalue weighted by molar-refractivity contribution is 6.33. The van der Waals surface area contributed by atoms with Gasteiger partial charge in [-0.1, -0.05) is 82.3 Å². The van der Waals surface area contributed by atoms with Crippen molar-refractivity contribution < 1.29 is 38.8 Å². The minimum atomic E-state index is -0.940. The van der Waals surface area contributed by atoms with Gasteiger partial charge in [0.2, 0.25) is 0 Å². The summed E-state index contributed by atoms with van der Waals surface area (Å²) in [5, 5.41) is 20.1. The standard InChI is InChI=1S/C10H11ClO2.2C8H7ClO2.C8H9ClO.C7H7ClO/c1-6-4-10(13-3)9(11)5-8(6)7(2)12;1-5-2-3-6(9)4-7(5)8(10)11;1-11-8(10)6-3-2-4-7(9)5-6;1-6-3-4-7(9)8(5-6)10-2;1-5-2-3-6(8)7(9)4-5/h4-5H,1-3H3;2-4H,1H3,(H,10,11);2-5H,1H3;3-5H,1-2H3;2-4,9H,1H3. The van der Waals surface area contributed by atoms with Crippen LogP contribution in [0.15, 0.2) is 91.0 Å². The molecule has 5 rings (SSSR count). The van der Waals surface area contributed by atoms with Crippen LogP contribution in [0.4, 0.5) is 0 Å². The lowest BCUT2D eigenvalue weighted by Crippen LogP contribution is -1.99. The van der Waals surface area contributed by atoms with Crippen LogP contribution in [0.2, 0.25) is 25.1 Å². The third-order valence-electron chi connectivity index (χ3n) is 6.96. The van der Waals surface area contributed by atoms with Crippen LogP contribution in [-0.4, -0.2) is 49.3 Å². The minimum Gasteiger partial charge on any atom is -0.506 e. The van der Waals surface area contributed by atoms with Gasteiger partial charge in [0.1, 0.15) is 17.2 Å². The molecule has 0 aliphatic rings. The molecule has 0 bridgehead atoms. The van der Waals surface area contributed by atoms with Crippen molar-refractivity contribution in [2.24, 2.45) is 0 Å². The summed E-state index contributed by atoms with van der Waals surface area (Å²) in [5.74, 6) is 0.196. The van der Waals surface area contributed by atoms with Gasteiger partial charge in [-0.2, -0.15) is 0 Å². The molecule has 0 saturated carbocycles. The molecular weight excluding hydrogens is 798 g/mol. The van der Waals surface area contributed by atoms with E-state index in [1.165, 1.54) is 20.1 Å². The van der Waals surface area contributed by atoms with Gasteiger partial charge in [0.25, 0.3) is 0 Å². The number of carboxylic acid groups (broad SMARTS) is 1. The molecule has 54 heavy (non-hydrogen) atoms. The van der Waals surface area contributed by atoms with E-state index >= 15 is 0 Å². The number of phenols is 1. The fraction of sp³-hybridized carbons (Fsp3) is 0.195. The highest BCUT2D eigenvalue weighted by atomic mass is 35.5. The maximum atomic E-state index is 11.1. The van der Waals surface area contributed by atoms with Crippen LogP contribution in [-0.2, 0) is 4.74 Å². The zero-order chi connectivity index (χ0) is 41.1. The third-order valence-corrected chi connectivity index (χ3v) is 8.36. The second kappa shape index (κ2) is 24.1. The van der Waals surface area contributed by atoms with Gasteiger partial charge < -0.3 is 24.4 Å². The first-order valence-corrected chi connectivity index (χ1v) is 17.7. The Hall–Kier alpha value is -4.44. The number of aryl methyl sites for hydroxylation is 4. The quantitative estimate of drug-likeness (QED) is 0.133. The molecule has 0 aromatic heterocycles. The Bertz CT molecular complexity index is 2030. The first-order chi connectivity index (χ1) is 25.3. The number of Topliss-reactive ketones (excluding diaryl/α,β-unsaturated/α-hetero) is 1. The fourth-order valence-electron chi connectivity index (χ4n) is 4.14. The minimum absolute atomic E-state index is 0.0158. The number of carbonyl (C=O) groups is 3. The van der Waals surface area contributed by atoms with Crippen molar-refractivity contribution in [1.29, 1.82) is 0 Å². The van der Waals surface area contributed by atoms with Crippen molar-refractivity contribution >= 4 is 75.7 Å². The monoisotopic (exact) mass is 836 g/mol. The molecular formula is C41H41Cl5O8. The van der Waals surface area contributed by atoms with Crippen LogP contribution in [0.25, 0.3) is 0 Å². The molecule has 0 radical (unpaired) electrons. The first kappa shape index (κ1) is 47.6. The lowest BCUT2D eigenvalue weighted by Gasteiger charge is -2.07. The molecule has 0 fully saturated rings. The van der Waals surface area contributed by atoms with E-state index in [-0.39, 0.29) is 23.1 Å². The normalized spacial score (nSPS) is 9.57. The van der Waals surface area contributed by atoms with Crippen molar-refractivity contribution in [2.45, 2.75) is 34.6 Å². The van der Waals surface area contributed by atoms with E-state index in [4.69, 9.17) is 77.7 Å². The Morgan fingerprint density at radius 3 is 1.59 bits per heavy atom. The number of halogens is 5. The third kappa shape index (κ3) is 16.7. The van der Waals surface area contributed by atoms with Crippen LogP contribution in [0, 0.1) is 27.7 Å². The number of phenolic OH excluding ortho intramolecular Hbond substituents is 1. The maximum Gasteiger partial charge on any atom is 0.337 e. The van der Waals surface area contributed by atoms with Crippen LogP contribution >= 0.6 is 58.0 Å². The Labute approximate surface area is 341 Å². The molecule has 13 heteroatoms. The van der Waals surface area contributed by atoms with Gasteiger partial charge in [-0.25, -0.2) is 9.59 Å². The number of hydrogen-bond donors (Lipinski definition) is 2. The predicted octanol–water partition coefficient (Wildman–Crippen LogP) is 12.3. The van der Waals surface area contributed by atoms with Gasteiger partial charge in [0, 0.05) is 15.6 Å². The SMILES string of the molecule is COC(=O)c1cccc(Cl)c1.COc1cc(C)c(C(C)=O)cc1Cl.COc1cc(C)ccc1Cl.Cc1ccc(Cl)c(O)c1.Cc1ccc(Cl)cc1C(=O)O. The summed E-state index contributed by atoms with van der Waals surface area (Å²) < 4.78 is 14.5. The molecule has 0 unspecified atom stereocenters. The molecule has 288 valence electrons. The molecule has 0 aliphatic heterocycles. The summed E-state index contributed by atoms with van der Waals surface area (Å²) >= 11 is 28.4. The summed E-state index contributed by atoms with van der Waals surface area (Å²) in [6, 6.07) is 25.7. The lowest BCUT2D eigenvalue weighted by molar-refractivity contribution is 0.0599. The van der Waals surface area contributed by atoms with Crippen molar-refractivity contribution in [3.8, 4) is 17.2 Å². The summed E-state index contributed by atoms with van der Waals surface area (Å²) in [7, 11) is 4.50. The number of carbonyl (C=O) groups excluding carboxylic acids is 2. The molecule has 0 spiro atoms. The van der Waals surface area contributed by atoms with Crippen LogP contribution in [0.1, 0.15) is 60.3 Å². The highest BCUT2D eigenvalue weighted by Crippen LogP contribution is 2.28. The van der Waals surface area contributed by atoms with E-state index in [0.29, 0.717) is 42.0 Å². The molecule has 0 amide bonds. The maximum absolute atomic E-state index is 11.1. The molecule has 5 aromatic carbocycles. The van der Waals surface area contributed by atoms with Crippen molar-refractivity contribution in [1.82, 2.24) is 0 Å². The summed E-state index contributed by atoms with van der Waals surface area (Å²) in [4.78, 5) is 32.5. The summed E-state index contributed by atoms with van der Waals surface area (Å²) in [6.45, 7) is 9.01. The summed E-state index contributed by atoms with van der Waals surface area (Å²) in [6.07, 6.45) is 0. The lowest BCUT2D eigenvalue weighted by atomic mass is 10.1. The van der Waals surface area contributed by atoms with Crippen LogP contribution in [0.3, 0.4) is 0 Å². The number of hydrogen-bond acceptors (Lipinski definition) is 7. The van der Waals surface area contributed by atoms with Gasteiger partial charge in [0.15, 0.2) is 5.78 Å². The largest absolute Gasteiger partial charge is 0.506 e. The van der Waals surface area contributed by atoms with Gasteiger partial charge >= 0.3 is 11.9 Å². The zero-order valence-electron chi connectivity index (χ0n) is 30.9. The number of ether oxygens (including phenoxy) is 3. The molecule has 0 atom stereocenters. The van der Waals surface area contributed by atoms with Gasteiger partial charge in [0.05, 0.1) is 47.5 Å². The fourth-order valence-corrected chi connectivity index (χ4v) is 5.05. The van der Waals surface area contributed by atoms with Gasteiger partial charge in [-0.3, -0.25) is 4.79 Å². The second-order valence-electron chi connectivity index (χ2n) is 11.2. The number of esters is 1. The van der Waals surface area contributed by atoms with Crippen molar-refractivity contribution in [3.63, 3.8) is 0 Å². The average molecular weight is 839 g/mol. The van der Waals surface area contributed by atoms with Crippen LogP contribution in [0.5, 0.6) is 17.2 Å². The smallest absolute Gasteiger partial charge is 0.337 e. The number of methoxy groups -OCH3 is 3. The zero-order valence-corrected chi connectivity index (χ0v) is 34.7. The van der Waals surface area contributed by atoms with Crippen LogP contribution < -0.4 is 9.47 Å². The molecule has 0 saturated heterocycles. The van der Waals surface area contributed by atoms with E-state index in [9.17, 15) is 14.4 Å². The van der Waals surface area contributed by atoms with Gasteiger partial charge in [-0.05, 0) is 124 Å². The topological polar surface area (TPSA) is 119 Å². The molecule has 0 aliphatic carbocycles. The first-order valence-electron chi connectivity index (χ1n) is 15.8. The molecule has 5 aromatic rings. The van der Waals surface area contributed by atoms with E-state index in [1.807, 2.05) is 45.0 Å².